The van der Waals surface area contributed by atoms with E-state index in [9.17, 15) is 48.6 Å². The molecule has 50 heavy (non-hydrogen) atoms. The second kappa shape index (κ2) is 19.8. The highest BCUT2D eigenvalue weighted by molar-refractivity contribution is 5.98. The quantitative estimate of drug-likeness (QED) is 0.0649. The number of carbonyl (C=O) groups is 8. The number of nitrogens with two attached hydrogens (primary N) is 3. The topological polar surface area (TPSA) is 306 Å². The summed E-state index contributed by atoms with van der Waals surface area (Å²) in [6.07, 6.45) is -0.275. The smallest absolute Gasteiger partial charge is 0.328 e. The first-order chi connectivity index (χ1) is 23.5. The molecule has 12 N–H and O–H groups in total. The summed E-state index contributed by atoms with van der Waals surface area (Å²) < 4.78 is 0. The minimum Gasteiger partial charge on any atom is -0.480 e. The molecule has 0 unspecified atom stereocenters. The molecule has 7 amide bonds. The molecule has 6 atom stereocenters. The van der Waals surface area contributed by atoms with Crippen LogP contribution in [0.2, 0.25) is 0 Å². The van der Waals surface area contributed by atoms with Crippen LogP contribution in [0.4, 0.5) is 0 Å². The third-order valence-corrected chi connectivity index (χ3v) is 7.95. The Morgan fingerprint density at radius 2 is 1.44 bits per heavy atom. The molecule has 1 aliphatic rings. The number of aliphatic hydroxyl groups excluding tert-OH is 1. The van der Waals surface area contributed by atoms with Crippen LogP contribution < -0.4 is 38.5 Å². The van der Waals surface area contributed by atoms with Gasteiger partial charge in [0.05, 0.1) is 19.1 Å². The van der Waals surface area contributed by atoms with Crippen molar-refractivity contribution in [2.45, 2.75) is 95.0 Å². The van der Waals surface area contributed by atoms with Gasteiger partial charge in [0.15, 0.2) is 0 Å². The number of hydrogen-bond acceptors (Lipinski definition) is 10. The highest BCUT2D eigenvalue weighted by atomic mass is 16.4. The maximum absolute atomic E-state index is 13.8. The second-order valence-corrected chi connectivity index (χ2v) is 12.6. The van der Waals surface area contributed by atoms with Gasteiger partial charge in [0.25, 0.3) is 0 Å². The Morgan fingerprint density at radius 1 is 0.840 bits per heavy atom. The van der Waals surface area contributed by atoms with Gasteiger partial charge < -0.3 is 53.6 Å². The van der Waals surface area contributed by atoms with Crippen molar-refractivity contribution >= 4 is 47.3 Å². The zero-order valence-electron chi connectivity index (χ0n) is 28.1. The lowest BCUT2D eigenvalue weighted by atomic mass is 10.00. The molecular weight excluding hydrogens is 656 g/mol. The first kappa shape index (κ1) is 41.1. The zero-order valence-corrected chi connectivity index (χ0v) is 28.1. The van der Waals surface area contributed by atoms with Gasteiger partial charge in [-0.25, -0.2) is 4.79 Å². The minimum absolute atomic E-state index is 0.0429. The Hall–Kier alpha value is -5.10. The normalized spacial score (nSPS) is 17.1. The van der Waals surface area contributed by atoms with Crippen LogP contribution in [0.25, 0.3) is 0 Å². The van der Waals surface area contributed by atoms with Gasteiger partial charge in [-0.05, 0) is 37.2 Å². The summed E-state index contributed by atoms with van der Waals surface area (Å²) in [7, 11) is 0. The van der Waals surface area contributed by atoms with E-state index in [-0.39, 0.29) is 44.6 Å². The number of hydrogen-bond donors (Lipinski definition) is 9. The van der Waals surface area contributed by atoms with Crippen LogP contribution in [0.15, 0.2) is 30.3 Å². The lowest BCUT2D eigenvalue weighted by Gasteiger charge is -2.30. The first-order valence-electron chi connectivity index (χ1n) is 16.3. The van der Waals surface area contributed by atoms with E-state index in [4.69, 9.17) is 17.2 Å². The maximum atomic E-state index is 13.8. The van der Waals surface area contributed by atoms with Gasteiger partial charge in [-0.2, -0.15) is 0 Å². The molecule has 0 aliphatic carbocycles. The molecule has 1 fully saturated rings. The Morgan fingerprint density at radius 3 is 2.00 bits per heavy atom. The molecule has 0 aromatic heterocycles. The number of likely N-dealkylation sites (tertiary alicyclic amines) is 1. The number of carbonyl (C=O) groups excluding carboxylic acids is 7. The van der Waals surface area contributed by atoms with E-state index in [1.54, 1.807) is 30.3 Å². The number of nitrogens with zero attached hydrogens (tertiary/aromatic N) is 1. The molecule has 0 bridgehead atoms. The summed E-state index contributed by atoms with van der Waals surface area (Å²) in [5.41, 5.74) is 17.1. The molecule has 0 spiro atoms. The van der Waals surface area contributed by atoms with Crippen LogP contribution in [-0.2, 0) is 44.8 Å². The number of carboxylic acids is 1. The van der Waals surface area contributed by atoms with Crippen LogP contribution in [0.3, 0.4) is 0 Å². The standard InChI is InChI=1S/C32H48N8O10/c1-17(2)13-20(36-27(44)19(33)10-11-25(34)42)28(45)37-21(14-18-7-4-3-5-8-18)29(46)38-22(15-26(35)43)31(48)40-12-6-9-24(40)30(47)39-23(16-41)32(49)50/h3-5,7-8,17,19-24,41H,6,9-16,33H2,1-2H3,(H2,34,42)(H2,35,43)(H,36,44)(H,37,45)(H,38,46)(H,39,47)(H,49,50)/t19-,20-,21-,22-,23-,24-/m0/s1. The fourth-order valence-electron chi connectivity index (χ4n) is 5.37. The van der Waals surface area contributed by atoms with E-state index in [0.717, 1.165) is 4.90 Å². The van der Waals surface area contributed by atoms with Crippen molar-refractivity contribution in [1.29, 1.82) is 0 Å². The van der Waals surface area contributed by atoms with Crippen LogP contribution in [0.1, 0.15) is 57.9 Å². The molecule has 1 aliphatic heterocycles. The summed E-state index contributed by atoms with van der Waals surface area (Å²) in [5, 5.41) is 28.4. The average molecular weight is 705 g/mol. The van der Waals surface area contributed by atoms with Crippen LogP contribution in [0, 0.1) is 5.92 Å². The van der Waals surface area contributed by atoms with E-state index in [2.05, 4.69) is 21.3 Å². The number of carboxylic acid groups (broad SMARTS) is 1. The van der Waals surface area contributed by atoms with Crippen molar-refractivity contribution in [3.05, 3.63) is 35.9 Å². The van der Waals surface area contributed by atoms with Crippen molar-refractivity contribution in [1.82, 2.24) is 26.2 Å². The molecule has 1 heterocycles. The minimum atomic E-state index is -1.61. The highest BCUT2D eigenvalue weighted by Gasteiger charge is 2.40. The predicted molar refractivity (Wildman–Crippen MR) is 177 cm³/mol. The molecule has 0 saturated carbocycles. The first-order valence-corrected chi connectivity index (χ1v) is 16.3. The third-order valence-electron chi connectivity index (χ3n) is 7.95. The van der Waals surface area contributed by atoms with E-state index in [1.165, 1.54) is 0 Å². The van der Waals surface area contributed by atoms with E-state index >= 15 is 0 Å². The molecule has 1 aromatic carbocycles. The molecule has 18 nitrogen and oxygen atoms in total. The lowest BCUT2D eigenvalue weighted by molar-refractivity contribution is -0.146. The van der Waals surface area contributed by atoms with Gasteiger partial charge in [-0.3, -0.25) is 33.6 Å². The molecule has 0 radical (unpaired) electrons. The lowest BCUT2D eigenvalue weighted by Crippen LogP contribution is -2.60. The summed E-state index contributed by atoms with van der Waals surface area (Å²) in [6.45, 7) is 2.78. The van der Waals surface area contributed by atoms with Gasteiger partial charge in [0.2, 0.25) is 41.4 Å². The summed E-state index contributed by atoms with van der Waals surface area (Å²) in [4.78, 5) is 102. The average Bonchev–Trinajstić information content (AvgIpc) is 3.54. The van der Waals surface area contributed by atoms with Crippen molar-refractivity contribution < 1.29 is 48.6 Å². The van der Waals surface area contributed by atoms with Crippen LogP contribution in [0.5, 0.6) is 0 Å². The van der Waals surface area contributed by atoms with Gasteiger partial charge in [0.1, 0.15) is 30.2 Å². The van der Waals surface area contributed by atoms with Gasteiger partial charge in [-0.1, -0.05) is 44.2 Å². The number of aliphatic carboxylic acids is 1. The monoisotopic (exact) mass is 704 g/mol. The van der Waals surface area contributed by atoms with Gasteiger partial charge in [0, 0.05) is 19.4 Å². The van der Waals surface area contributed by atoms with E-state index in [1.807, 2.05) is 13.8 Å². The highest BCUT2D eigenvalue weighted by Crippen LogP contribution is 2.20. The third kappa shape index (κ3) is 13.1. The Labute approximate surface area is 289 Å². The van der Waals surface area contributed by atoms with E-state index in [0.29, 0.717) is 12.0 Å². The largest absolute Gasteiger partial charge is 0.480 e. The molecule has 1 aromatic rings. The Bertz CT molecular complexity index is 1390. The Balaban J connectivity index is 2.33. The fourth-order valence-corrected chi connectivity index (χ4v) is 5.37. The van der Waals surface area contributed by atoms with Gasteiger partial charge >= 0.3 is 5.97 Å². The predicted octanol–water partition coefficient (Wildman–Crippen LogP) is -3.25. The maximum Gasteiger partial charge on any atom is 0.328 e. The SMILES string of the molecule is CC(C)C[C@H](NC(=O)[C@@H](N)CCC(N)=O)C(=O)N[C@@H](Cc1ccccc1)C(=O)N[C@@H](CC(N)=O)C(=O)N1CCC[C@H]1C(=O)N[C@@H](CO)C(=O)O. The molecule has 276 valence electrons. The summed E-state index contributed by atoms with van der Waals surface area (Å²) in [5.74, 6) is -7.19. The van der Waals surface area contributed by atoms with Crippen molar-refractivity contribution in [3.63, 3.8) is 0 Å². The fraction of sp³-hybridized carbons (Fsp3) is 0.562. The van der Waals surface area contributed by atoms with Crippen molar-refractivity contribution in [2.24, 2.45) is 23.1 Å². The molecule has 2 rings (SSSR count). The van der Waals surface area contributed by atoms with E-state index < -0.39 is 96.6 Å². The van der Waals surface area contributed by atoms with Crippen LogP contribution in [-0.4, -0.2) is 112 Å². The number of rotatable bonds is 20. The number of amides is 7. The zero-order chi connectivity index (χ0) is 37.5. The number of aliphatic hydroxyl groups is 1. The van der Waals surface area contributed by atoms with Gasteiger partial charge in [-0.15, -0.1) is 0 Å². The number of primary amides is 2. The van der Waals surface area contributed by atoms with Crippen molar-refractivity contribution in [2.75, 3.05) is 13.2 Å². The number of benzene rings is 1. The molecule has 18 heteroatoms. The number of nitrogens with one attached hydrogen (secondary N) is 4. The second-order valence-electron chi connectivity index (χ2n) is 12.6. The summed E-state index contributed by atoms with van der Waals surface area (Å²) in [6, 6.07) is 0.635. The Kier molecular flexibility index (Phi) is 16.3. The molecule has 1 saturated heterocycles. The van der Waals surface area contributed by atoms with Crippen molar-refractivity contribution in [3.8, 4) is 0 Å². The molecular formula is C32H48N8O10. The van der Waals surface area contributed by atoms with Crippen LogP contribution >= 0.6 is 0 Å². The summed E-state index contributed by atoms with van der Waals surface area (Å²) >= 11 is 0.